The van der Waals surface area contributed by atoms with Gasteiger partial charge in [0.1, 0.15) is 11.6 Å². The number of halogens is 1. The van der Waals surface area contributed by atoms with Gasteiger partial charge in [-0.25, -0.2) is 4.39 Å². The Morgan fingerprint density at radius 3 is 1.63 bits per heavy atom. The highest BCUT2D eigenvalue weighted by molar-refractivity contribution is 5.39. The average molecular weight is 835 g/mol. The molecule has 7 nitrogen and oxygen atoms in total. The van der Waals surface area contributed by atoms with Crippen molar-refractivity contribution in [2.75, 3.05) is 86.7 Å². The first-order valence-corrected chi connectivity index (χ1v) is 24.8. The van der Waals surface area contributed by atoms with Gasteiger partial charge in [0.2, 0.25) is 0 Å². The number of hydrogen-bond donors (Lipinski definition) is 2. The van der Waals surface area contributed by atoms with Crippen LogP contribution in [0.1, 0.15) is 152 Å². The minimum atomic E-state index is -1.06. The summed E-state index contributed by atoms with van der Waals surface area (Å²) in [5.74, 6) is 0.810. The summed E-state index contributed by atoms with van der Waals surface area (Å²) in [5, 5.41) is 24.3. The number of aliphatic hydroxyl groups is 2. The van der Waals surface area contributed by atoms with E-state index in [1.165, 1.54) is 121 Å². The monoisotopic (exact) mass is 835 g/mol. The van der Waals surface area contributed by atoms with Crippen LogP contribution in [0.3, 0.4) is 0 Å². The number of methoxy groups -OCH3 is 1. The Hall–Kier alpha value is -2.07. The molecule has 4 unspecified atom stereocenters. The van der Waals surface area contributed by atoms with Gasteiger partial charge in [-0.05, 0) is 82.8 Å². The molecule has 2 saturated carbocycles. The zero-order valence-corrected chi connectivity index (χ0v) is 38.6. The molecule has 4 atom stereocenters. The molecule has 340 valence electrons. The lowest BCUT2D eigenvalue weighted by molar-refractivity contribution is -0.0560. The van der Waals surface area contributed by atoms with Gasteiger partial charge in [0.15, 0.2) is 0 Å². The Morgan fingerprint density at radius 1 is 0.600 bits per heavy atom. The zero-order valence-electron chi connectivity index (χ0n) is 38.6. The normalized spacial score (nSPS) is 28.5. The van der Waals surface area contributed by atoms with Crippen molar-refractivity contribution in [3.8, 4) is 5.75 Å². The summed E-state index contributed by atoms with van der Waals surface area (Å²) in [7, 11) is 6.01. The van der Waals surface area contributed by atoms with Crippen LogP contribution in [0.15, 0.2) is 48.5 Å². The van der Waals surface area contributed by atoms with Crippen molar-refractivity contribution >= 4 is 0 Å². The predicted octanol–water partition coefficient (Wildman–Crippen LogP) is 10.3. The summed E-state index contributed by atoms with van der Waals surface area (Å²) >= 11 is 0. The Balaban J connectivity index is 0.000000228. The average Bonchev–Trinajstić information content (AvgIpc) is 3.25. The summed E-state index contributed by atoms with van der Waals surface area (Å²) in [6, 6.07) is 15.4. The van der Waals surface area contributed by atoms with Gasteiger partial charge in [-0.2, -0.15) is 0 Å². The summed E-state index contributed by atoms with van der Waals surface area (Å²) in [6.07, 6.45) is 27.2. The van der Waals surface area contributed by atoms with Crippen LogP contribution in [-0.4, -0.2) is 122 Å². The van der Waals surface area contributed by atoms with Gasteiger partial charge in [-0.3, -0.25) is 0 Å². The first-order valence-electron chi connectivity index (χ1n) is 24.8. The van der Waals surface area contributed by atoms with E-state index in [4.69, 9.17) is 4.74 Å². The van der Waals surface area contributed by atoms with E-state index in [0.29, 0.717) is 23.7 Å². The van der Waals surface area contributed by atoms with Crippen LogP contribution in [0.2, 0.25) is 0 Å². The van der Waals surface area contributed by atoms with Crippen molar-refractivity contribution in [1.29, 1.82) is 0 Å². The minimum absolute atomic E-state index is 0.0797. The van der Waals surface area contributed by atoms with Gasteiger partial charge < -0.3 is 34.5 Å². The Kier molecular flexibility index (Phi) is 21.6. The second-order valence-electron chi connectivity index (χ2n) is 19.5. The van der Waals surface area contributed by atoms with Crippen molar-refractivity contribution in [1.82, 2.24) is 19.6 Å². The molecule has 2 aliphatic carbocycles. The van der Waals surface area contributed by atoms with Crippen molar-refractivity contribution in [3.05, 3.63) is 65.5 Å². The van der Waals surface area contributed by atoms with Crippen LogP contribution < -0.4 is 4.74 Å². The summed E-state index contributed by atoms with van der Waals surface area (Å²) in [4.78, 5) is 9.93. The van der Waals surface area contributed by atoms with Crippen molar-refractivity contribution in [3.63, 3.8) is 0 Å². The molecule has 2 aliphatic heterocycles. The number of ether oxygens (including phenoxy) is 1. The van der Waals surface area contributed by atoms with Crippen LogP contribution >= 0.6 is 0 Å². The topological polar surface area (TPSA) is 62.7 Å². The number of piperazine rings is 2. The van der Waals surface area contributed by atoms with Gasteiger partial charge in [0.25, 0.3) is 0 Å². The third-order valence-corrected chi connectivity index (χ3v) is 14.9. The first kappa shape index (κ1) is 49.0. The summed E-state index contributed by atoms with van der Waals surface area (Å²) in [6.45, 7) is 10.8. The fourth-order valence-electron chi connectivity index (χ4n) is 10.8. The predicted molar refractivity (Wildman–Crippen MR) is 248 cm³/mol. The van der Waals surface area contributed by atoms with E-state index in [-0.39, 0.29) is 11.7 Å². The zero-order chi connectivity index (χ0) is 42.5. The van der Waals surface area contributed by atoms with Gasteiger partial charge in [0, 0.05) is 82.8 Å². The SMILES string of the molecule is CN1CCN(CC2CCCCCCCCCCC2(O)CCCc2ccccc2)CC1.COc1ccc(F)cc1C1(O)CCCCCCCCCCC1CN1CCN(C)CC1. The van der Waals surface area contributed by atoms with E-state index in [1.807, 2.05) is 0 Å². The second-order valence-corrected chi connectivity index (χ2v) is 19.5. The van der Waals surface area contributed by atoms with Gasteiger partial charge in [0.05, 0.1) is 18.3 Å². The lowest BCUT2D eigenvalue weighted by Gasteiger charge is -2.42. The fraction of sp³-hybridized carbons (Fsp3) is 0.769. The number of aryl methyl sites for hydroxylation is 1. The molecule has 4 aliphatic rings. The van der Waals surface area contributed by atoms with Crippen molar-refractivity contribution < 1.29 is 19.3 Å². The second kappa shape index (κ2) is 26.5. The summed E-state index contributed by atoms with van der Waals surface area (Å²) < 4.78 is 19.9. The van der Waals surface area contributed by atoms with Crippen LogP contribution in [0.4, 0.5) is 4.39 Å². The van der Waals surface area contributed by atoms with Crippen molar-refractivity contribution in [2.45, 2.75) is 159 Å². The molecular formula is C52H87FN4O3. The third kappa shape index (κ3) is 16.2. The maximum absolute atomic E-state index is 14.3. The number of benzene rings is 2. The van der Waals surface area contributed by atoms with E-state index in [2.05, 4.69) is 64.0 Å². The van der Waals surface area contributed by atoms with Gasteiger partial charge >= 0.3 is 0 Å². The third-order valence-electron chi connectivity index (χ3n) is 14.9. The maximum atomic E-state index is 14.3. The largest absolute Gasteiger partial charge is 0.496 e. The Morgan fingerprint density at radius 2 is 1.08 bits per heavy atom. The first-order chi connectivity index (χ1) is 29.2. The molecule has 60 heavy (non-hydrogen) atoms. The molecule has 0 amide bonds. The van der Waals surface area contributed by atoms with Gasteiger partial charge in [-0.15, -0.1) is 0 Å². The van der Waals surface area contributed by atoms with Crippen LogP contribution in [-0.2, 0) is 12.0 Å². The molecular weight excluding hydrogens is 748 g/mol. The Bertz CT molecular complexity index is 1430. The van der Waals surface area contributed by atoms with E-state index >= 15 is 0 Å². The smallest absolute Gasteiger partial charge is 0.125 e. The molecule has 8 heteroatoms. The molecule has 0 bridgehead atoms. The fourth-order valence-corrected chi connectivity index (χ4v) is 10.8. The van der Waals surface area contributed by atoms with E-state index in [9.17, 15) is 14.6 Å². The lowest BCUT2D eigenvalue weighted by atomic mass is 9.74. The van der Waals surface area contributed by atoms with Crippen molar-refractivity contribution in [2.24, 2.45) is 11.8 Å². The molecule has 2 saturated heterocycles. The molecule has 2 heterocycles. The molecule has 0 radical (unpaired) electrons. The number of likely N-dealkylation sites (N-methyl/N-ethyl adjacent to an activating group) is 2. The van der Waals surface area contributed by atoms with E-state index in [0.717, 1.165) is 104 Å². The number of rotatable bonds is 10. The number of hydrogen-bond acceptors (Lipinski definition) is 7. The molecule has 2 aromatic rings. The Labute approximate surface area is 366 Å². The summed E-state index contributed by atoms with van der Waals surface area (Å²) in [5.41, 5.74) is 0.499. The molecule has 6 rings (SSSR count). The van der Waals surface area contributed by atoms with Crippen LogP contribution in [0, 0.1) is 17.7 Å². The number of nitrogens with zero attached hydrogens (tertiary/aromatic N) is 4. The van der Waals surface area contributed by atoms with Gasteiger partial charge in [-0.1, -0.05) is 133 Å². The molecule has 2 aromatic carbocycles. The standard InChI is InChI=1S/C27H46N2O.C25H41FN2O2/c1-28-20-22-29(23-21-28)24-26-17-11-6-4-2-3-5-7-12-18-27(26,30)19-13-16-25-14-9-8-10-15-25;1-27-15-17-28(18-16-27)20-21-11-9-7-5-3-4-6-8-10-14-25(21,29)23-19-22(26)12-13-24(23)30-2/h8-10,14-15,26,30H,2-7,11-13,16-24H2,1H3;12-13,19,21,29H,3-11,14-18,20H2,1-2H3. The highest BCUT2D eigenvalue weighted by Crippen LogP contribution is 2.43. The van der Waals surface area contributed by atoms with Crippen LogP contribution in [0.25, 0.3) is 0 Å². The molecule has 2 N–H and O–H groups in total. The lowest BCUT2D eigenvalue weighted by Crippen LogP contribution is -2.50. The maximum Gasteiger partial charge on any atom is 0.125 e. The highest BCUT2D eigenvalue weighted by Gasteiger charge is 2.41. The molecule has 0 aromatic heterocycles. The van der Waals surface area contributed by atoms with E-state index < -0.39 is 11.2 Å². The molecule has 0 spiro atoms. The minimum Gasteiger partial charge on any atom is -0.496 e. The van der Waals surface area contributed by atoms with E-state index in [1.54, 1.807) is 13.2 Å². The van der Waals surface area contributed by atoms with Crippen LogP contribution in [0.5, 0.6) is 5.75 Å². The molecule has 4 fully saturated rings. The quantitative estimate of drug-likeness (QED) is 0.247. The highest BCUT2D eigenvalue weighted by atomic mass is 19.1.